The van der Waals surface area contributed by atoms with Gasteiger partial charge in [0.15, 0.2) is 5.82 Å². The van der Waals surface area contributed by atoms with Gasteiger partial charge in [-0.3, -0.25) is 4.79 Å². The van der Waals surface area contributed by atoms with Crippen LogP contribution in [-0.4, -0.2) is 22.1 Å². The van der Waals surface area contributed by atoms with E-state index in [9.17, 15) is 4.79 Å². The average Bonchev–Trinajstić information content (AvgIpc) is 2.65. The molecule has 1 aromatic heterocycles. The Morgan fingerprint density at radius 1 is 1.67 bits per heavy atom. The SMILES string of the molecule is Cc1cc(NC(=O)C2CCCCS2)no1. The van der Waals surface area contributed by atoms with Crippen LogP contribution < -0.4 is 5.32 Å². The van der Waals surface area contributed by atoms with Crippen molar-refractivity contribution in [3.05, 3.63) is 11.8 Å². The van der Waals surface area contributed by atoms with Crippen LogP contribution in [0.25, 0.3) is 0 Å². The molecule has 1 saturated heterocycles. The maximum Gasteiger partial charge on any atom is 0.238 e. The molecule has 1 aliphatic heterocycles. The molecule has 0 aliphatic carbocycles. The fourth-order valence-electron chi connectivity index (χ4n) is 1.58. The zero-order valence-electron chi connectivity index (χ0n) is 8.66. The van der Waals surface area contributed by atoms with E-state index in [0.29, 0.717) is 11.6 Å². The number of aryl methyl sites for hydroxylation is 1. The highest BCUT2D eigenvalue weighted by Gasteiger charge is 2.22. The smallest absolute Gasteiger partial charge is 0.238 e. The van der Waals surface area contributed by atoms with E-state index in [1.54, 1.807) is 24.8 Å². The Balaban J connectivity index is 1.91. The van der Waals surface area contributed by atoms with E-state index in [-0.39, 0.29) is 11.2 Å². The fraction of sp³-hybridized carbons (Fsp3) is 0.600. The standard InChI is InChI=1S/C10H14N2O2S/c1-7-6-9(12-14-7)11-10(13)8-4-2-3-5-15-8/h6,8H,2-5H2,1H3,(H,11,12,13). The zero-order valence-corrected chi connectivity index (χ0v) is 9.47. The summed E-state index contributed by atoms with van der Waals surface area (Å²) in [5.74, 6) is 2.36. The predicted molar refractivity (Wildman–Crippen MR) is 60.0 cm³/mol. The number of hydrogen-bond donors (Lipinski definition) is 1. The minimum atomic E-state index is 0.0491. The number of rotatable bonds is 2. The van der Waals surface area contributed by atoms with Crippen LogP contribution in [0, 0.1) is 6.92 Å². The lowest BCUT2D eigenvalue weighted by Gasteiger charge is -2.19. The number of amides is 1. The molecule has 15 heavy (non-hydrogen) atoms. The van der Waals surface area contributed by atoms with Crippen molar-refractivity contribution in [3.8, 4) is 0 Å². The topological polar surface area (TPSA) is 55.1 Å². The van der Waals surface area contributed by atoms with E-state index in [1.165, 1.54) is 6.42 Å². The number of nitrogens with zero attached hydrogens (tertiary/aromatic N) is 1. The van der Waals surface area contributed by atoms with Crippen molar-refractivity contribution in [2.24, 2.45) is 0 Å². The van der Waals surface area contributed by atoms with Crippen LogP contribution in [0.2, 0.25) is 0 Å². The summed E-state index contributed by atoms with van der Waals surface area (Å²) in [6.07, 6.45) is 3.33. The summed E-state index contributed by atoms with van der Waals surface area (Å²) in [4.78, 5) is 11.8. The third kappa shape index (κ3) is 2.75. The molecule has 1 fully saturated rings. The van der Waals surface area contributed by atoms with E-state index in [1.807, 2.05) is 0 Å². The van der Waals surface area contributed by atoms with Crippen molar-refractivity contribution < 1.29 is 9.32 Å². The molecule has 0 aromatic carbocycles. The Hall–Kier alpha value is -0.970. The molecule has 1 atom stereocenters. The van der Waals surface area contributed by atoms with Gasteiger partial charge in [-0.15, -0.1) is 11.8 Å². The Kier molecular flexibility index (Phi) is 3.30. The van der Waals surface area contributed by atoms with Gasteiger partial charge in [-0.05, 0) is 25.5 Å². The van der Waals surface area contributed by atoms with Gasteiger partial charge in [-0.2, -0.15) is 0 Å². The van der Waals surface area contributed by atoms with Crippen molar-refractivity contribution in [3.63, 3.8) is 0 Å². The number of nitrogens with one attached hydrogen (secondary N) is 1. The van der Waals surface area contributed by atoms with Gasteiger partial charge in [0.05, 0.1) is 5.25 Å². The molecule has 4 nitrogen and oxygen atoms in total. The van der Waals surface area contributed by atoms with E-state index >= 15 is 0 Å². The summed E-state index contributed by atoms with van der Waals surface area (Å²) in [6, 6.07) is 1.73. The second kappa shape index (κ2) is 4.70. The Morgan fingerprint density at radius 2 is 2.53 bits per heavy atom. The van der Waals surface area contributed by atoms with E-state index < -0.39 is 0 Å². The molecule has 1 N–H and O–H groups in total. The van der Waals surface area contributed by atoms with E-state index in [4.69, 9.17) is 4.52 Å². The Labute approximate surface area is 92.8 Å². The van der Waals surface area contributed by atoms with Gasteiger partial charge >= 0.3 is 0 Å². The number of hydrogen-bond acceptors (Lipinski definition) is 4. The van der Waals surface area contributed by atoms with Gasteiger partial charge in [0, 0.05) is 6.07 Å². The van der Waals surface area contributed by atoms with Crippen molar-refractivity contribution in [1.29, 1.82) is 0 Å². The molecular formula is C10H14N2O2S. The molecule has 2 rings (SSSR count). The molecule has 0 radical (unpaired) electrons. The fourth-order valence-corrected chi connectivity index (χ4v) is 2.78. The van der Waals surface area contributed by atoms with Crippen LogP contribution >= 0.6 is 11.8 Å². The molecule has 0 saturated carbocycles. The summed E-state index contributed by atoms with van der Waals surface area (Å²) < 4.78 is 4.88. The summed E-state index contributed by atoms with van der Waals surface area (Å²) in [6.45, 7) is 1.80. The summed E-state index contributed by atoms with van der Waals surface area (Å²) in [5, 5.41) is 6.58. The van der Waals surface area contributed by atoms with Gasteiger partial charge < -0.3 is 9.84 Å². The van der Waals surface area contributed by atoms with Crippen molar-refractivity contribution in [1.82, 2.24) is 5.16 Å². The molecule has 2 heterocycles. The van der Waals surface area contributed by atoms with Crippen LogP contribution in [0.1, 0.15) is 25.0 Å². The number of thioether (sulfide) groups is 1. The highest BCUT2D eigenvalue weighted by atomic mass is 32.2. The third-order valence-corrected chi connectivity index (χ3v) is 3.73. The highest BCUT2D eigenvalue weighted by molar-refractivity contribution is 8.00. The van der Waals surface area contributed by atoms with Crippen LogP contribution in [0.4, 0.5) is 5.82 Å². The Morgan fingerprint density at radius 3 is 3.13 bits per heavy atom. The molecule has 82 valence electrons. The molecule has 1 unspecified atom stereocenters. The van der Waals surface area contributed by atoms with Crippen molar-refractivity contribution >= 4 is 23.5 Å². The Bertz CT molecular complexity index is 345. The molecule has 1 amide bonds. The highest BCUT2D eigenvalue weighted by Crippen LogP contribution is 2.26. The lowest BCUT2D eigenvalue weighted by molar-refractivity contribution is -0.115. The first kappa shape index (κ1) is 10.5. The van der Waals surface area contributed by atoms with E-state index in [2.05, 4.69) is 10.5 Å². The minimum Gasteiger partial charge on any atom is -0.360 e. The lowest BCUT2D eigenvalue weighted by Crippen LogP contribution is -2.27. The second-order valence-electron chi connectivity index (χ2n) is 3.67. The number of carbonyl (C=O) groups is 1. The predicted octanol–water partition coefficient (Wildman–Crippen LogP) is 2.21. The molecule has 1 aliphatic rings. The van der Waals surface area contributed by atoms with Crippen molar-refractivity contribution in [2.45, 2.75) is 31.4 Å². The van der Waals surface area contributed by atoms with Crippen molar-refractivity contribution in [2.75, 3.05) is 11.1 Å². The monoisotopic (exact) mass is 226 g/mol. The van der Waals surface area contributed by atoms with Crippen LogP contribution in [0.15, 0.2) is 10.6 Å². The first-order chi connectivity index (χ1) is 7.25. The average molecular weight is 226 g/mol. The maximum absolute atomic E-state index is 11.8. The zero-order chi connectivity index (χ0) is 10.7. The number of carbonyl (C=O) groups excluding carboxylic acids is 1. The first-order valence-corrected chi connectivity index (χ1v) is 6.16. The minimum absolute atomic E-state index is 0.0491. The molecule has 0 spiro atoms. The van der Waals surface area contributed by atoms with E-state index in [0.717, 1.165) is 18.6 Å². The van der Waals surface area contributed by atoms with Gasteiger partial charge in [0.25, 0.3) is 0 Å². The van der Waals surface area contributed by atoms with Crippen LogP contribution in [0.5, 0.6) is 0 Å². The number of aromatic nitrogens is 1. The molecular weight excluding hydrogens is 212 g/mol. The lowest BCUT2D eigenvalue weighted by atomic mass is 10.2. The quantitative estimate of drug-likeness (QED) is 0.840. The first-order valence-electron chi connectivity index (χ1n) is 5.11. The molecule has 5 heteroatoms. The summed E-state index contributed by atoms with van der Waals surface area (Å²) >= 11 is 1.73. The second-order valence-corrected chi connectivity index (χ2v) is 4.98. The summed E-state index contributed by atoms with van der Waals surface area (Å²) in [7, 11) is 0. The maximum atomic E-state index is 11.8. The van der Waals surface area contributed by atoms with Gasteiger partial charge in [0.2, 0.25) is 5.91 Å². The van der Waals surface area contributed by atoms with Gasteiger partial charge in [-0.25, -0.2) is 0 Å². The molecule has 1 aromatic rings. The van der Waals surface area contributed by atoms with Crippen LogP contribution in [0.3, 0.4) is 0 Å². The normalized spacial score (nSPS) is 21.3. The van der Waals surface area contributed by atoms with Crippen LogP contribution in [-0.2, 0) is 4.79 Å². The third-order valence-electron chi connectivity index (χ3n) is 2.35. The summed E-state index contributed by atoms with van der Waals surface area (Å²) in [5.41, 5.74) is 0. The largest absolute Gasteiger partial charge is 0.360 e. The van der Waals surface area contributed by atoms with Gasteiger partial charge in [0.1, 0.15) is 5.76 Å². The number of anilines is 1. The van der Waals surface area contributed by atoms with Gasteiger partial charge in [-0.1, -0.05) is 11.6 Å². The molecule has 0 bridgehead atoms.